The summed E-state index contributed by atoms with van der Waals surface area (Å²) < 4.78 is 17.2. The van der Waals surface area contributed by atoms with Crippen LogP contribution in [0.3, 0.4) is 0 Å². The van der Waals surface area contributed by atoms with Gasteiger partial charge in [-0.3, -0.25) is 9.59 Å². The Morgan fingerprint density at radius 3 is 2.40 bits per heavy atom. The summed E-state index contributed by atoms with van der Waals surface area (Å²) in [5.74, 6) is -1.51. The molecule has 4 rings (SSSR count). The number of nitrogens with one attached hydrogen (secondary N) is 3. The van der Waals surface area contributed by atoms with E-state index < -0.39 is 47.7 Å². The van der Waals surface area contributed by atoms with Crippen LogP contribution in [-0.4, -0.2) is 70.0 Å². The highest BCUT2D eigenvalue weighted by Crippen LogP contribution is 2.37. The third-order valence-corrected chi connectivity index (χ3v) is 8.01. The molecule has 0 spiro atoms. The Bertz CT molecular complexity index is 1530. The van der Waals surface area contributed by atoms with Gasteiger partial charge in [0, 0.05) is 41.4 Å². The number of carboxylic acids is 1. The number of aliphatic carboxylic acids is 1. The van der Waals surface area contributed by atoms with Gasteiger partial charge in [0.15, 0.2) is 5.13 Å². The molecule has 2 heterocycles. The fraction of sp³-hybridized carbons (Fsp3) is 0.531. The third kappa shape index (κ3) is 8.74. The van der Waals surface area contributed by atoms with Crippen LogP contribution in [0, 0.1) is 11.8 Å². The number of carbonyl (C=O) groups excluding carboxylic acids is 2. The largest absolute Gasteiger partial charge is 0.497 e. The molecule has 1 aromatic carbocycles. The Balaban J connectivity index is 1.57. The van der Waals surface area contributed by atoms with Gasteiger partial charge in [-0.2, -0.15) is 0 Å². The number of carboxylic acid groups (broad SMARTS) is 1. The maximum Gasteiger partial charge on any atom is 0.408 e. The number of pyridine rings is 1. The number of ether oxygens (including phenoxy) is 3. The number of alkyl carbamates (subject to hydrolysis) is 1. The van der Waals surface area contributed by atoms with Crippen molar-refractivity contribution in [2.24, 2.45) is 11.8 Å². The van der Waals surface area contributed by atoms with Crippen LogP contribution in [0.25, 0.3) is 22.3 Å². The van der Waals surface area contributed by atoms with E-state index in [1.165, 1.54) is 11.3 Å². The summed E-state index contributed by atoms with van der Waals surface area (Å²) in [6.45, 7) is 12.9. The Kier molecular flexibility index (Phi) is 10.4. The van der Waals surface area contributed by atoms with Gasteiger partial charge in [-0.15, -0.1) is 11.3 Å². The average molecular weight is 642 g/mol. The monoisotopic (exact) mass is 641 g/mol. The highest BCUT2D eigenvalue weighted by Gasteiger charge is 2.42. The van der Waals surface area contributed by atoms with Crippen molar-refractivity contribution in [1.29, 1.82) is 0 Å². The van der Waals surface area contributed by atoms with Gasteiger partial charge in [0.1, 0.15) is 34.9 Å². The molecule has 0 unspecified atom stereocenters. The van der Waals surface area contributed by atoms with Crippen molar-refractivity contribution < 1.29 is 33.7 Å². The van der Waals surface area contributed by atoms with Gasteiger partial charge in [0.2, 0.25) is 5.91 Å². The molecule has 0 bridgehead atoms. The van der Waals surface area contributed by atoms with Crippen molar-refractivity contribution >= 4 is 45.3 Å². The van der Waals surface area contributed by atoms with Crippen LogP contribution in [-0.2, 0) is 14.3 Å². The van der Waals surface area contributed by atoms with E-state index >= 15 is 0 Å². The van der Waals surface area contributed by atoms with Gasteiger partial charge in [-0.1, -0.05) is 13.8 Å². The highest BCUT2D eigenvalue weighted by molar-refractivity contribution is 7.14. The smallest absolute Gasteiger partial charge is 0.408 e. The van der Waals surface area contributed by atoms with E-state index in [0.29, 0.717) is 28.4 Å². The maximum absolute atomic E-state index is 13.3. The number of methoxy groups -OCH3 is 1. The zero-order chi connectivity index (χ0) is 33.1. The first kappa shape index (κ1) is 33.8. The van der Waals surface area contributed by atoms with Crippen LogP contribution in [0.1, 0.15) is 61.3 Å². The predicted molar refractivity (Wildman–Crippen MR) is 173 cm³/mol. The van der Waals surface area contributed by atoms with Crippen molar-refractivity contribution in [3.05, 3.63) is 29.6 Å². The van der Waals surface area contributed by atoms with Gasteiger partial charge in [0.25, 0.3) is 0 Å². The zero-order valence-electron chi connectivity index (χ0n) is 27.0. The van der Waals surface area contributed by atoms with E-state index in [1.807, 2.05) is 43.5 Å². The number of carbonyl (C=O) groups is 3. The predicted octanol–water partition coefficient (Wildman–Crippen LogP) is 5.46. The molecule has 1 fully saturated rings. The minimum absolute atomic E-state index is 0.181. The fourth-order valence-corrected chi connectivity index (χ4v) is 6.03. The molecule has 3 aromatic rings. The van der Waals surface area contributed by atoms with Crippen molar-refractivity contribution in [3.63, 3.8) is 0 Å². The van der Waals surface area contributed by atoms with Crippen LogP contribution < -0.4 is 25.4 Å². The molecule has 13 heteroatoms. The second-order valence-corrected chi connectivity index (χ2v) is 13.7. The van der Waals surface area contributed by atoms with E-state index in [-0.39, 0.29) is 24.8 Å². The van der Waals surface area contributed by atoms with Gasteiger partial charge < -0.3 is 35.3 Å². The summed E-state index contributed by atoms with van der Waals surface area (Å²) in [5, 5.41) is 22.3. The first-order chi connectivity index (χ1) is 21.1. The van der Waals surface area contributed by atoms with Crippen LogP contribution in [0.5, 0.6) is 11.5 Å². The molecular formula is C32H43N5O7S. The lowest BCUT2D eigenvalue weighted by atomic mass is 10.0. The van der Waals surface area contributed by atoms with Crippen molar-refractivity contribution in [1.82, 2.24) is 20.6 Å². The number of aromatic nitrogens is 2. The summed E-state index contributed by atoms with van der Waals surface area (Å²) in [5.41, 5.74) is 1.18. The summed E-state index contributed by atoms with van der Waals surface area (Å²) >= 11 is 1.48. The average Bonchev–Trinajstić information content (AvgIpc) is 3.56. The summed E-state index contributed by atoms with van der Waals surface area (Å²) in [4.78, 5) is 47.6. The molecule has 1 aliphatic carbocycles. The van der Waals surface area contributed by atoms with Crippen molar-refractivity contribution in [3.8, 4) is 22.9 Å². The fourth-order valence-electron chi connectivity index (χ4n) is 5.18. The lowest BCUT2D eigenvalue weighted by Crippen LogP contribution is -2.54. The second-order valence-electron chi connectivity index (χ2n) is 12.9. The van der Waals surface area contributed by atoms with E-state index in [4.69, 9.17) is 19.2 Å². The topological polar surface area (TPSA) is 161 Å². The quantitative estimate of drug-likeness (QED) is 0.212. The van der Waals surface area contributed by atoms with E-state index in [2.05, 4.69) is 20.9 Å². The Labute approximate surface area is 267 Å². The molecule has 12 nitrogen and oxygen atoms in total. The molecule has 1 aliphatic rings. The highest BCUT2D eigenvalue weighted by atomic mass is 32.1. The molecule has 1 saturated carbocycles. The van der Waals surface area contributed by atoms with Gasteiger partial charge in [-0.25, -0.2) is 14.8 Å². The molecule has 45 heavy (non-hydrogen) atoms. The van der Waals surface area contributed by atoms with Gasteiger partial charge in [0.05, 0.1) is 24.2 Å². The van der Waals surface area contributed by atoms with Crippen LogP contribution >= 0.6 is 11.3 Å². The maximum atomic E-state index is 13.3. The lowest BCUT2D eigenvalue weighted by Gasteiger charge is -2.27. The van der Waals surface area contributed by atoms with Crippen molar-refractivity contribution in [2.45, 2.75) is 91.1 Å². The molecule has 2 amide bonds. The van der Waals surface area contributed by atoms with Crippen LogP contribution in [0.15, 0.2) is 29.6 Å². The minimum Gasteiger partial charge on any atom is -0.497 e. The third-order valence-electron chi connectivity index (χ3n) is 7.24. The van der Waals surface area contributed by atoms with E-state index in [0.717, 1.165) is 10.5 Å². The molecule has 4 N–H and O–H groups in total. The van der Waals surface area contributed by atoms with E-state index in [1.54, 1.807) is 41.7 Å². The number of amides is 2. The van der Waals surface area contributed by atoms with Gasteiger partial charge in [-0.05, 0) is 59.1 Å². The molecule has 0 aliphatic heterocycles. The number of benzene rings is 1. The Morgan fingerprint density at radius 1 is 1.04 bits per heavy atom. The number of hydrogen-bond acceptors (Lipinski definition) is 10. The lowest BCUT2D eigenvalue weighted by molar-refractivity contribution is -0.142. The normalized spacial score (nSPS) is 18.9. The number of nitrogens with zero attached hydrogens (tertiary/aromatic N) is 2. The minimum atomic E-state index is -1.04. The van der Waals surface area contributed by atoms with Crippen LogP contribution in [0.4, 0.5) is 9.93 Å². The van der Waals surface area contributed by atoms with Crippen LogP contribution in [0.2, 0.25) is 0 Å². The Hall–Kier alpha value is -4.13. The molecule has 4 atom stereocenters. The number of fused-ring (bicyclic) bond motifs is 1. The standard InChI is InChI=1S/C32H43N5O7S/c1-16(2)27(37-31(41)44-32(5,6)7)28(38)35-23-13-19(11-21(23)29(39)40)43-26-14-24(25-15-45-30(36-25)33-17(3)4)34-22-12-18(42-8)9-10-20(22)26/h9-10,12,14-17,19,21,23,27H,11,13H2,1-8H3,(H,33,36)(H,35,38)(H,37,41)(H,39,40)/t19-,21-,23+,27+/m1/s1. The number of hydrogen-bond donors (Lipinski definition) is 4. The molecule has 0 radical (unpaired) electrons. The van der Waals surface area contributed by atoms with Gasteiger partial charge >= 0.3 is 12.1 Å². The summed E-state index contributed by atoms with van der Waals surface area (Å²) in [7, 11) is 1.58. The first-order valence-electron chi connectivity index (χ1n) is 15.0. The summed E-state index contributed by atoms with van der Waals surface area (Å²) in [6, 6.07) is 5.88. The molecule has 0 saturated heterocycles. The molecular weight excluding hydrogens is 598 g/mol. The molecule has 244 valence electrons. The number of anilines is 1. The number of thiazole rings is 1. The number of rotatable bonds is 11. The van der Waals surface area contributed by atoms with E-state index in [9.17, 15) is 19.5 Å². The first-order valence-corrected chi connectivity index (χ1v) is 15.9. The zero-order valence-corrected chi connectivity index (χ0v) is 27.8. The molecule has 2 aromatic heterocycles. The Morgan fingerprint density at radius 2 is 1.78 bits per heavy atom. The summed E-state index contributed by atoms with van der Waals surface area (Å²) in [6.07, 6.45) is -0.792. The SMILES string of the molecule is COc1ccc2c(O[C@H]3C[C@H](NC(=O)[C@@H](NC(=O)OC(C)(C)C)C(C)C)[C@H](C(=O)O)C3)cc(-c3csc(NC(C)C)n3)nc2c1. The van der Waals surface area contributed by atoms with Crippen molar-refractivity contribution in [2.75, 3.05) is 12.4 Å². The second kappa shape index (κ2) is 13.9.